The van der Waals surface area contributed by atoms with E-state index >= 15 is 0 Å². The van der Waals surface area contributed by atoms with Crippen molar-refractivity contribution in [3.8, 4) is 0 Å². The van der Waals surface area contributed by atoms with E-state index in [2.05, 4.69) is 10.6 Å². The van der Waals surface area contributed by atoms with Crippen LogP contribution in [-0.2, 0) is 4.79 Å². The predicted molar refractivity (Wildman–Crippen MR) is 76.8 cm³/mol. The quantitative estimate of drug-likeness (QED) is 0.655. The standard InChI is InChI=1S/C14H19N3O3/c1-9-8-13(17(19)20)10(2)7-12(9)16-14(18)11-5-3-4-6-15-11/h7-8,11,15H,3-6H2,1-2H3,(H,16,18)/t11-/m0/s1. The Bertz CT molecular complexity index is 537. The second-order valence-corrected chi connectivity index (χ2v) is 5.20. The minimum atomic E-state index is -0.406. The summed E-state index contributed by atoms with van der Waals surface area (Å²) in [6.45, 7) is 4.29. The van der Waals surface area contributed by atoms with Gasteiger partial charge in [0.15, 0.2) is 0 Å². The smallest absolute Gasteiger partial charge is 0.272 e. The van der Waals surface area contributed by atoms with Crippen molar-refractivity contribution in [3.63, 3.8) is 0 Å². The average Bonchev–Trinajstić information content (AvgIpc) is 2.43. The van der Waals surface area contributed by atoms with Gasteiger partial charge in [0.2, 0.25) is 5.91 Å². The Hall–Kier alpha value is -1.95. The molecule has 6 nitrogen and oxygen atoms in total. The van der Waals surface area contributed by atoms with Crippen LogP contribution in [0.25, 0.3) is 0 Å². The van der Waals surface area contributed by atoms with Gasteiger partial charge < -0.3 is 10.6 Å². The monoisotopic (exact) mass is 277 g/mol. The van der Waals surface area contributed by atoms with E-state index in [0.29, 0.717) is 16.8 Å². The number of hydrogen-bond donors (Lipinski definition) is 2. The van der Waals surface area contributed by atoms with Gasteiger partial charge in [0.25, 0.3) is 5.69 Å². The number of carbonyl (C=O) groups excluding carboxylic acids is 1. The van der Waals surface area contributed by atoms with Crippen LogP contribution in [0.3, 0.4) is 0 Å². The molecule has 0 aromatic heterocycles. The lowest BCUT2D eigenvalue weighted by Gasteiger charge is -2.23. The summed E-state index contributed by atoms with van der Waals surface area (Å²) in [5.74, 6) is -0.0685. The molecule has 108 valence electrons. The van der Waals surface area contributed by atoms with E-state index in [1.807, 2.05) is 0 Å². The lowest BCUT2D eigenvalue weighted by Crippen LogP contribution is -2.43. The maximum atomic E-state index is 12.1. The fraction of sp³-hybridized carbons (Fsp3) is 0.500. The van der Waals surface area contributed by atoms with Crippen LogP contribution in [0.4, 0.5) is 11.4 Å². The highest BCUT2D eigenvalue weighted by molar-refractivity contribution is 5.95. The van der Waals surface area contributed by atoms with Gasteiger partial charge in [-0.3, -0.25) is 14.9 Å². The summed E-state index contributed by atoms with van der Waals surface area (Å²) in [6.07, 6.45) is 2.97. The van der Waals surface area contributed by atoms with Crippen LogP contribution in [0, 0.1) is 24.0 Å². The number of piperidine rings is 1. The van der Waals surface area contributed by atoms with Gasteiger partial charge in [-0.15, -0.1) is 0 Å². The number of hydrogen-bond acceptors (Lipinski definition) is 4. The Kier molecular flexibility index (Phi) is 4.34. The van der Waals surface area contributed by atoms with Gasteiger partial charge in [-0.05, 0) is 44.9 Å². The van der Waals surface area contributed by atoms with Crippen molar-refractivity contribution >= 4 is 17.3 Å². The van der Waals surface area contributed by atoms with Crippen LogP contribution in [0.1, 0.15) is 30.4 Å². The van der Waals surface area contributed by atoms with E-state index in [4.69, 9.17) is 0 Å². The number of nitro benzene ring substituents is 1. The second kappa shape index (κ2) is 6.00. The minimum Gasteiger partial charge on any atom is -0.324 e. The fourth-order valence-corrected chi connectivity index (χ4v) is 2.43. The number of nitrogens with one attached hydrogen (secondary N) is 2. The summed E-state index contributed by atoms with van der Waals surface area (Å²) in [6, 6.07) is 2.99. The summed E-state index contributed by atoms with van der Waals surface area (Å²) in [5, 5.41) is 16.9. The summed E-state index contributed by atoms with van der Waals surface area (Å²) in [4.78, 5) is 22.6. The van der Waals surface area contributed by atoms with E-state index < -0.39 is 4.92 Å². The molecule has 1 amide bonds. The Morgan fingerprint density at radius 2 is 2.10 bits per heavy atom. The maximum absolute atomic E-state index is 12.1. The molecule has 2 rings (SSSR count). The molecule has 1 aliphatic heterocycles. The van der Waals surface area contributed by atoms with E-state index in [1.165, 1.54) is 6.07 Å². The zero-order valence-corrected chi connectivity index (χ0v) is 11.7. The zero-order chi connectivity index (χ0) is 14.7. The van der Waals surface area contributed by atoms with Gasteiger partial charge in [-0.2, -0.15) is 0 Å². The Balaban J connectivity index is 2.15. The normalized spacial score (nSPS) is 18.6. The van der Waals surface area contributed by atoms with Crippen LogP contribution in [-0.4, -0.2) is 23.4 Å². The van der Waals surface area contributed by atoms with Crippen molar-refractivity contribution in [1.82, 2.24) is 5.32 Å². The number of rotatable bonds is 3. The molecule has 1 heterocycles. The molecule has 20 heavy (non-hydrogen) atoms. The molecule has 1 aliphatic rings. The number of aryl methyl sites for hydroxylation is 2. The first-order valence-electron chi connectivity index (χ1n) is 6.79. The number of nitrogens with zero attached hydrogens (tertiary/aromatic N) is 1. The SMILES string of the molecule is Cc1cc([N+](=O)[O-])c(C)cc1NC(=O)[C@@H]1CCCCN1. The zero-order valence-electron chi connectivity index (χ0n) is 11.7. The van der Waals surface area contributed by atoms with Crippen LogP contribution in [0.5, 0.6) is 0 Å². The van der Waals surface area contributed by atoms with Crippen molar-refractivity contribution in [2.45, 2.75) is 39.2 Å². The molecular formula is C14H19N3O3. The third kappa shape index (κ3) is 3.14. The van der Waals surface area contributed by atoms with E-state index in [-0.39, 0.29) is 17.6 Å². The molecule has 6 heteroatoms. The molecule has 1 saturated heterocycles. The number of anilines is 1. The molecule has 0 spiro atoms. The lowest BCUT2D eigenvalue weighted by molar-refractivity contribution is -0.385. The van der Waals surface area contributed by atoms with Crippen molar-refractivity contribution in [2.24, 2.45) is 0 Å². The third-order valence-electron chi connectivity index (χ3n) is 3.62. The van der Waals surface area contributed by atoms with Crippen molar-refractivity contribution < 1.29 is 9.72 Å². The molecule has 0 radical (unpaired) electrons. The van der Waals surface area contributed by atoms with Crippen molar-refractivity contribution in [2.75, 3.05) is 11.9 Å². The molecule has 1 fully saturated rings. The third-order valence-corrected chi connectivity index (χ3v) is 3.62. The van der Waals surface area contributed by atoms with Gasteiger partial charge in [0.05, 0.1) is 11.0 Å². The van der Waals surface area contributed by atoms with Gasteiger partial charge in [-0.1, -0.05) is 6.42 Å². The Labute approximate surface area is 117 Å². The summed E-state index contributed by atoms with van der Waals surface area (Å²) < 4.78 is 0. The molecule has 0 unspecified atom stereocenters. The fourth-order valence-electron chi connectivity index (χ4n) is 2.43. The van der Waals surface area contributed by atoms with E-state index in [0.717, 1.165) is 25.8 Å². The van der Waals surface area contributed by atoms with Crippen LogP contribution in [0.2, 0.25) is 0 Å². The first-order chi connectivity index (χ1) is 9.49. The van der Waals surface area contributed by atoms with E-state index in [1.54, 1.807) is 19.9 Å². The van der Waals surface area contributed by atoms with Crippen LogP contribution < -0.4 is 10.6 Å². The van der Waals surface area contributed by atoms with Gasteiger partial charge in [-0.25, -0.2) is 0 Å². The molecule has 1 atom stereocenters. The molecule has 2 N–H and O–H groups in total. The largest absolute Gasteiger partial charge is 0.324 e. The number of carbonyl (C=O) groups is 1. The first kappa shape index (κ1) is 14.5. The average molecular weight is 277 g/mol. The van der Waals surface area contributed by atoms with Gasteiger partial charge >= 0.3 is 0 Å². The summed E-state index contributed by atoms with van der Waals surface area (Å²) in [5.41, 5.74) is 1.97. The van der Waals surface area contributed by atoms with Gasteiger partial charge in [0.1, 0.15) is 0 Å². The molecular weight excluding hydrogens is 258 g/mol. The second-order valence-electron chi connectivity index (χ2n) is 5.20. The minimum absolute atomic E-state index is 0.0685. The number of benzene rings is 1. The highest BCUT2D eigenvalue weighted by Crippen LogP contribution is 2.26. The first-order valence-corrected chi connectivity index (χ1v) is 6.79. The Morgan fingerprint density at radius 1 is 1.35 bits per heavy atom. The molecule has 1 aromatic rings. The topological polar surface area (TPSA) is 84.3 Å². The predicted octanol–water partition coefficient (Wildman–Crippen LogP) is 2.29. The summed E-state index contributed by atoms with van der Waals surface area (Å²) in [7, 11) is 0. The highest BCUT2D eigenvalue weighted by Gasteiger charge is 2.22. The summed E-state index contributed by atoms with van der Waals surface area (Å²) >= 11 is 0. The molecule has 0 bridgehead atoms. The number of amides is 1. The molecule has 0 aliphatic carbocycles. The van der Waals surface area contributed by atoms with E-state index in [9.17, 15) is 14.9 Å². The molecule has 0 saturated carbocycles. The lowest BCUT2D eigenvalue weighted by atomic mass is 10.0. The van der Waals surface area contributed by atoms with Crippen LogP contribution >= 0.6 is 0 Å². The molecule has 1 aromatic carbocycles. The highest BCUT2D eigenvalue weighted by atomic mass is 16.6. The van der Waals surface area contributed by atoms with Crippen molar-refractivity contribution in [3.05, 3.63) is 33.4 Å². The van der Waals surface area contributed by atoms with Crippen molar-refractivity contribution in [1.29, 1.82) is 0 Å². The Morgan fingerprint density at radius 3 is 2.70 bits per heavy atom. The van der Waals surface area contributed by atoms with Crippen LogP contribution in [0.15, 0.2) is 12.1 Å². The number of nitro groups is 1. The maximum Gasteiger partial charge on any atom is 0.272 e. The van der Waals surface area contributed by atoms with Gasteiger partial charge in [0, 0.05) is 17.3 Å².